The van der Waals surface area contributed by atoms with E-state index in [1.165, 1.54) is 0 Å². The fraction of sp³-hybridized carbons (Fsp3) is 0.750. The fourth-order valence-electron chi connectivity index (χ4n) is 0.389. The lowest BCUT2D eigenvalue weighted by molar-refractivity contribution is 0.598. The molecule has 1 atom stereocenters. The van der Waals surface area contributed by atoms with Crippen LogP contribution in [0.25, 0.3) is 0 Å². The van der Waals surface area contributed by atoms with Gasteiger partial charge in [0.05, 0.1) is 5.75 Å². The maximum atomic E-state index is 10.3. The Morgan fingerprint density at radius 1 is 1.75 bits per heavy atom. The van der Waals surface area contributed by atoms with Gasteiger partial charge in [-0.15, -0.1) is 0 Å². The predicted molar refractivity (Wildman–Crippen MR) is 33.0 cm³/mol. The number of hydrogen-bond donors (Lipinski definition) is 1. The summed E-state index contributed by atoms with van der Waals surface area (Å²) >= 11 is 0. The molecule has 8 heavy (non-hydrogen) atoms. The minimum absolute atomic E-state index is 0.0347. The molecule has 0 saturated carbocycles. The maximum Gasteiger partial charge on any atom is 0.148 e. The quantitative estimate of drug-likeness (QED) is 0.540. The third kappa shape index (κ3) is 5.91. The summed E-state index contributed by atoms with van der Waals surface area (Å²) in [5.41, 5.74) is 5.09. The number of nitrogens with two attached hydrogens (primary N) is 1. The molecule has 1 radical (unpaired) electrons. The van der Waals surface area contributed by atoms with Gasteiger partial charge in [0.2, 0.25) is 0 Å². The maximum absolute atomic E-state index is 10.3. The molecule has 0 spiro atoms. The predicted octanol–water partition coefficient (Wildman–Crippen LogP) is -0.808. The Morgan fingerprint density at radius 3 is 2.12 bits per heavy atom. The molecule has 0 aromatic rings. The molecule has 0 aromatic heterocycles. The molecule has 0 heterocycles. The number of hydrogen-bond acceptors (Lipinski definition) is 3. The van der Waals surface area contributed by atoms with Crippen molar-refractivity contribution in [1.29, 1.82) is 0 Å². The molecule has 0 fully saturated rings. The van der Waals surface area contributed by atoms with Crippen LogP contribution in [-0.2, 0) is 9.84 Å². The van der Waals surface area contributed by atoms with Crippen molar-refractivity contribution in [3.63, 3.8) is 0 Å². The van der Waals surface area contributed by atoms with E-state index < -0.39 is 15.9 Å². The van der Waals surface area contributed by atoms with E-state index in [0.29, 0.717) is 0 Å². The van der Waals surface area contributed by atoms with Gasteiger partial charge in [0, 0.05) is 12.3 Å². The van der Waals surface area contributed by atoms with Crippen LogP contribution in [0, 0.1) is 6.92 Å². The zero-order valence-electron chi connectivity index (χ0n) is 4.79. The Hall–Kier alpha value is -0.0900. The Balaban J connectivity index is 3.75. The Labute approximate surface area is 49.8 Å². The molecular weight excluding hydrogens is 126 g/mol. The van der Waals surface area contributed by atoms with Crippen LogP contribution in [0.1, 0.15) is 0 Å². The summed E-state index contributed by atoms with van der Waals surface area (Å²) in [6.45, 7) is 3.32. The van der Waals surface area contributed by atoms with Gasteiger partial charge in [0.25, 0.3) is 0 Å². The molecule has 0 aromatic carbocycles. The molecule has 0 rings (SSSR count). The highest BCUT2D eigenvalue weighted by Crippen LogP contribution is 1.83. The third-order valence-electron chi connectivity index (χ3n) is 0.517. The van der Waals surface area contributed by atoms with Crippen molar-refractivity contribution in [1.82, 2.24) is 0 Å². The first kappa shape index (κ1) is 7.91. The van der Waals surface area contributed by atoms with E-state index in [9.17, 15) is 8.42 Å². The van der Waals surface area contributed by atoms with Gasteiger partial charge in [-0.2, -0.15) is 0 Å². The number of rotatable bonds is 2. The third-order valence-corrected chi connectivity index (χ3v) is 1.55. The van der Waals surface area contributed by atoms with E-state index in [1.807, 2.05) is 0 Å². The van der Waals surface area contributed by atoms with Crippen molar-refractivity contribution < 1.29 is 8.42 Å². The lowest BCUT2D eigenvalue weighted by Gasteiger charge is -1.99. The summed E-state index contributed by atoms with van der Waals surface area (Å²) in [4.78, 5) is 0. The molecule has 0 aliphatic carbocycles. The van der Waals surface area contributed by atoms with Gasteiger partial charge < -0.3 is 5.73 Å². The van der Waals surface area contributed by atoms with Crippen LogP contribution in [0.3, 0.4) is 0 Å². The van der Waals surface area contributed by atoms with Gasteiger partial charge in [0.15, 0.2) is 0 Å². The second-order valence-corrected chi connectivity index (χ2v) is 4.04. The average molecular weight is 136 g/mol. The van der Waals surface area contributed by atoms with E-state index in [0.717, 1.165) is 6.26 Å². The van der Waals surface area contributed by atoms with Crippen molar-refractivity contribution in [3.05, 3.63) is 6.92 Å². The van der Waals surface area contributed by atoms with Crippen molar-refractivity contribution >= 4 is 9.84 Å². The lowest BCUT2D eigenvalue weighted by atomic mass is 10.4. The van der Waals surface area contributed by atoms with Gasteiger partial charge >= 0.3 is 0 Å². The van der Waals surface area contributed by atoms with Crippen LogP contribution in [0.4, 0.5) is 0 Å². The molecule has 0 aliphatic rings. The van der Waals surface area contributed by atoms with Crippen LogP contribution in [0.2, 0.25) is 0 Å². The smallest absolute Gasteiger partial charge is 0.148 e. The van der Waals surface area contributed by atoms with E-state index >= 15 is 0 Å². The highest BCUT2D eigenvalue weighted by molar-refractivity contribution is 7.90. The lowest BCUT2D eigenvalue weighted by Crippen LogP contribution is -2.25. The topological polar surface area (TPSA) is 60.2 Å². The van der Waals surface area contributed by atoms with E-state index in [4.69, 9.17) is 5.73 Å². The van der Waals surface area contributed by atoms with Crippen LogP contribution < -0.4 is 5.73 Å². The first-order valence-corrected chi connectivity index (χ1v) is 4.24. The zero-order chi connectivity index (χ0) is 6.78. The van der Waals surface area contributed by atoms with Gasteiger partial charge in [-0.3, -0.25) is 0 Å². The average Bonchev–Trinajstić information content (AvgIpc) is 1.21. The standard InChI is InChI=1S/C4H10NO2S/c1-4(5)3-8(2,6)7/h4H,1,3,5H2,2H3. The van der Waals surface area contributed by atoms with Gasteiger partial charge in [-0.05, 0) is 6.92 Å². The normalized spacial score (nSPS) is 15.9. The molecule has 1 unspecified atom stereocenters. The summed E-state index contributed by atoms with van der Waals surface area (Å²) < 4.78 is 20.6. The molecule has 3 nitrogen and oxygen atoms in total. The Kier molecular flexibility index (Phi) is 2.43. The van der Waals surface area contributed by atoms with Gasteiger partial charge in [0.1, 0.15) is 9.84 Å². The van der Waals surface area contributed by atoms with E-state index in [1.54, 1.807) is 0 Å². The molecule has 0 aliphatic heterocycles. The zero-order valence-corrected chi connectivity index (χ0v) is 5.61. The largest absolute Gasteiger partial charge is 0.327 e. The van der Waals surface area contributed by atoms with E-state index in [-0.39, 0.29) is 5.75 Å². The van der Waals surface area contributed by atoms with Gasteiger partial charge in [-0.25, -0.2) is 8.42 Å². The summed E-state index contributed by atoms with van der Waals surface area (Å²) in [6, 6.07) is -0.495. The van der Waals surface area contributed by atoms with Crippen LogP contribution in [0.15, 0.2) is 0 Å². The van der Waals surface area contributed by atoms with Crippen LogP contribution >= 0.6 is 0 Å². The highest BCUT2D eigenvalue weighted by Gasteiger charge is 2.04. The molecule has 0 amide bonds. The summed E-state index contributed by atoms with van der Waals surface area (Å²) in [5.74, 6) is -0.0347. The molecule has 49 valence electrons. The molecular formula is C4H10NO2S. The van der Waals surface area contributed by atoms with Crippen LogP contribution in [-0.4, -0.2) is 26.5 Å². The Morgan fingerprint density at radius 2 is 2.12 bits per heavy atom. The van der Waals surface area contributed by atoms with Gasteiger partial charge in [-0.1, -0.05) is 0 Å². The second kappa shape index (κ2) is 2.46. The first-order chi connectivity index (χ1) is 3.42. The SMILES string of the molecule is [CH2]C(N)CS(C)(=O)=O. The highest BCUT2D eigenvalue weighted by atomic mass is 32.2. The van der Waals surface area contributed by atoms with Crippen molar-refractivity contribution in [3.8, 4) is 0 Å². The van der Waals surface area contributed by atoms with Crippen LogP contribution in [0.5, 0.6) is 0 Å². The molecule has 0 bridgehead atoms. The van der Waals surface area contributed by atoms with E-state index in [2.05, 4.69) is 6.92 Å². The van der Waals surface area contributed by atoms with Crippen molar-refractivity contribution in [2.24, 2.45) is 5.73 Å². The molecule has 4 heteroatoms. The summed E-state index contributed by atoms with van der Waals surface area (Å²) in [5, 5.41) is 0. The van der Waals surface area contributed by atoms with Crippen molar-refractivity contribution in [2.75, 3.05) is 12.0 Å². The molecule has 2 N–H and O–H groups in total. The Bertz CT molecular complexity index is 147. The number of sulfone groups is 1. The van der Waals surface area contributed by atoms with Crippen molar-refractivity contribution in [2.45, 2.75) is 6.04 Å². The summed E-state index contributed by atoms with van der Waals surface area (Å²) in [6.07, 6.45) is 1.14. The minimum atomic E-state index is -2.91. The summed E-state index contributed by atoms with van der Waals surface area (Å²) in [7, 11) is -2.91. The fourth-order valence-corrected chi connectivity index (χ4v) is 1.17. The monoisotopic (exact) mass is 136 g/mol. The molecule has 0 saturated heterocycles. The first-order valence-electron chi connectivity index (χ1n) is 2.18. The second-order valence-electron chi connectivity index (χ2n) is 1.85. The minimum Gasteiger partial charge on any atom is -0.327 e.